The highest BCUT2D eigenvalue weighted by Crippen LogP contribution is 2.58. The molecule has 310 valence electrons. The fraction of sp³-hybridized carbons (Fsp3) is 0.0164. The second-order valence-electron chi connectivity index (χ2n) is 16.3. The number of hydrogen-bond acceptors (Lipinski definition) is 3. The number of rotatable bonds is 11. The molecule has 0 bridgehead atoms. The highest BCUT2D eigenvalue weighted by Gasteiger charge is 2.46. The summed E-state index contributed by atoms with van der Waals surface area (Å²) in [5.41, 5.74) is 16.6. The number of halogens is 1. The number of anilines is 9. The normalized spacial score (nSPS) is 12.2. The van der Waals surface area contributed by atoms with Crippen molar-refractivity contribution in [1.82, 2.24) is 0 Å². The van der Waals surface area contributed by atoms with E-state index in [4.69, 9.17) is 0 Å². The molecule has 10 aromatic carbocycles. The zero-order chi connectivity index (χ0) is 43.6. The first-order valence-corrected chi connectivity index (χ1v) is 22.8. The van der Waals surface area contributed by atoms with E-state index in [9.17, 15) is 0 Å². The van der Waals surface area contributed by atoms with Crippen molar-refractivity contribution in [1.29, 1.82) is 0 Å². The van der Waals surface area contributed by atoms with E-state index in [0.717, 1.165) is 55.7 Å². The number of para-hydroxylation sites is 4. The van der Waals surface area contributed by atoms with Gasteiger partial charge >= 0.3 is 0 Å². The molecule has 0 fully saturated rings. The maximum absolute atomic E-state index is 3.88. The molecule has 4 heteroatoms. The second kappa shape index (κ2) is 17.3. The zero-order valence-corrected chi connectivity index (χ0v) is 37.2. The summed E-state index contributed by atoms with van der Waals surface area (Å²) < 4.78 is 1.06. The maximum Gasteiger partial charge on any atom is 0.0714 e. The van der Waals surface area contributed by atoms with Crippen molar-refractivity contribution in [2.75, 3.05) is 14.7 Å². The van der Waals surface area contributed by atoms with Gasteiger partial charge in [-0.05, 0) is 155 Å². The van der Waals surface area contributed by atoms with Crippen LogP contribution in [0.1, 0.15) is 22.3 Å². The molecule has 0 radical (unpaired) electrons. The van der Waals surface area contributed by atoms with Crippen molar-refractivity contribution in [3.8, 4) is 11.1 Å². The van der Waals surface area contributed by atoms with Gasteiger partial charge in [0.25, 0.3) is 0 Å². The lowest BCUT2D eigenvalue weighted by Gasteiger charge is -2.35. The molecule has 10 aromatic rings. The van der Waals surface area contributed by atoms with E-state index in [0.29, 0.717) is 0 Å². The van der Waals surface area contributed by atoms with Crippen molar-refractivity contribution in [2.45, 2.75) is 5.41 Å². The van der Waals surface area contributed by atoms with Crippen LogP contribution in [0.15, 0.2) is 271 Å². The first kappa shape index (κ1) is 39.9. The molecule has 11 rings (SSSR count). The lowest BCUT2D eigenvalue weighted by atomic mass is 9.67. The molecule has 0 saturated heterocycles. The third-order valence-electron chi connectivity index (χ3n) is 12.5. The first-order chi connectivity index (χ1) is 32.2. The van der Waals surface area contributed by atoms with Gasteiger partial charge in [-0.3, -0.25) is 0 Å². The summed E-state index contributed by atoms with van der Waals surface area (Å²) in [4.78, 5) is 7.02. The summed E-state index contributed by atoms with van der Waals surface area (Å²) >= 11 is 3.88. The van der Waals surface area contributed by atoms with E-state index in [1.807, 2.05) is 0 Å². The van der Waals surface area contributed by atoms with Crippen LogP contribution in [-0.2, 0) is 5.41 Å². The molecular weight excluding hydrogens is 855 g/mol. The van der Waals surface area contributed by atoms with Crippen LogP contribution in [0.3, 0.4) is 0 Å². The summed E-state index contributed by atoms with van der Waals surface area (Å²) in [6.07, 6.45) is 0. The van der Waals surface area contributed by atoms with Crippen LogP contribution >= 0.6 is 15.9 Å². The van der Waals surface area contributed by atoms with Gasteiger partial charge in [0.15, 0.2) is 0 Å². The fourth-order valence-corrected chi connectivity index (χ4v) is 10.1. The van der Waals surface area contributed by atoms with E-state index in [-0.39, 0.29) is 0 Å². The summed E-state index contributed by atoms with van der Waals surface area (Å²) in [5, 5.41) is 0. The van der Waals surface area contributed by atoms with E-state index in [1.165, 1.54) is 33.4 Å². The Hall–Kier alpha value is -7.92. The third kappa shape index (κ3) is 7.28. The molecule has 3 nitrogen and oxygen atoms in total. The molecule has 1 aliphatic rings. The molecule has 0 amide bonds. The van der Waals surface area contributed by atoms with E-state index < -0.39 is 5.41 Å². The average Bonchev–Trinajstić information content (AvgIpc) is 3.66. The van der Waals surface area contributed by atoms with Gasteiger partial charge in [0.05, 0.1) is 5.41 Å². The van der Waals surface area contributed by atoms with Crippen molar-refractivity contribution < 1.29 is 0 Å². The summed E-state index contributed by atoms with van der Waals surface area (Å²) in [6, 6.07) is 96.1. The average molecular weight is 899 g/mol. The fourth-order valence-electron chi connectivity index (χ4n) is 9.74. The van der Waals surface area contributed by atoms with Gasteiger partial charge in [-0.2, -0.15) is 0 Å². The van der Waals surface area contributed by atoms with E-state index in [1.54, 1.807) is 0 Å². The highest BCUT2D eigenvalue weighted by molar-refractivity contribution is 9.10. The molecule has 0 unspecified atom stereocenters. The smallest absolute Gasteiger partial charge is 0.0714 e. The second-order valence-corrected chi connectivity index (χ2v) is 17.2. The minimum atomic E-state index is -0.565. The van der Waals surface area contributed by atoms with Gasteiger partial charge in [-0.1, -0.05) is 162 Å². The Bertz CT molecular complexity index is 2940. The molecule has 0 saturated carbocycles. The van der Waals surface area contributed by atoms with Gasteiger partial charge in [0, 0.05) is 55.7 Å². The Morgan fingerprint density at radius 1 is 0.246 bits per heavy atom. The number of nitrogens with zero attached hydrogens (tertiary/aromatic N) is 3. The third-order valence-corrected chi connectivity index (χ3v) is 13.0. The number of fused-ring (bicyclic) bond motifs is 3. The first-order valence-electron chi connectivity index (χ1n) is 22.0. The monoisotopic (exact) mass is 897 g/mol. The van der Waals surface area contributed by atoms with Gasteiger partial charge in [-0.25, -0.2) is 0 Å². The van der Waals surface area contributed by atoms with Gasteiger partial charge < -0.3 is 14.7 Å². The molecule has 0 N–H and O–H groups in total. The summed E-state index contributed by atoms with van der Waals surface area (Å²) in [5.74, 6) is 0. The predicted molar refractivity (Wildman–Crippen MR) is 275 cm³/mol. The van der Waals surface area contributed by atoms with Crippen LogP contribution in [0.5, 0.6) is 0 Å². The number of benzene rings is 10. The van der Waals surface area contributed by atoms with Gasteiger partial charge in [-0.15, -0.1) is 0 Å². The van der Waals surface area contributed by atoms with Crippen molar-refractivity contribution in [3.63, 3.8) is 0 Å². The van der Waals surface area contributed by atoms with E-state index >= 15 is 0 Å². The summed E-state index contributed by atoms with van der Waals surface area (Å²) in [6.45, 7) is 0. The lowest BCUT2D eigenvalue weighted by Crippen LogP contribution is -2.28. The molecule has 1 aliphatic carbocycles. The molecular formula is C61H44BrN3. The summed E-state index contributed by atoms with van der Waals surface area (Å²) in [7, 11) is 0. The Kier molecular flexibility index (Phi) is 10.6. The highest BCUT2D eigenvalue weighted by atomic mass is 79.9. The minimum Gasteiger partial charge on any atom is -0.311 e. The Labute approximate surface area is 389 Å². The van der Waals surface area contributed by atoms with Crippen LogP contribution in [0.2, 0.25) is 0 Å². The lowest BCUT2D eigenvalue weighted by molar-refractivity contribution is 0.768. The number of hydrogen-bond donors (Lipinski definition) is 0. The molecule has 0 aromatic heterocycles. The van der Waals surface area contributed by atoms with Crippen molar-refractivity contribution >= 4 is 67.1 Å². The molecule has 0 heterocycles. The topological polar surface area (TPSA) is 9.72 Å². The van der Waals surface area contributed by atoms with Crippen molar-refractivity contribution in [3.05, 3.63) is 294 Å². The molecule has 0 spiro atoms. The minimum absolute atomic E-state index is 0.565. The van der Waals surface area contributed by atoms with Crippen LogP contribution in [0.4, 0.5) is 51.2 Å². The van der Waals surface area contributed by atoms with Crippen molar-refractivity contribution in [2.24, 2.45) is 0 Å². The Balaban J connectivity index is 1.10. The largest absolute Gasteiger partial charge is 0.311 e. The van der Waals surface area contributed by atoms with Gasteiger partial charge in [0.2, 0.25) is 0 Å². The zero-order valence-electron chi connectivity index (χ0n) is 35.6. The van der Waals surface area contributed by atoms with Crippen LogP contribution in [0.25, 0.3) is 11.1 Å². The predicted octanol–water partition coefficient (Wildman–Crippen LogP) is 17.2. The Morgan fingerprint density at radius 2 is 0.508 bits per heavy atom. The van der Waals surface area contributed by atoms with Crippen LogP contribution < -0.4 is 14.7 Å². The van der Waals surface area contributed by atoms with Crippen LogP contribution in [-0.4, -0.2) is 0 Å². The SMILES string of the molecule is Brc1ccc2c(c1)C(c1ccccc1)(c1ccccc1)c1cc(N(c3ccc(N(c4ccccc4)c4ccccc4)cc3)c3ccc(N(c4ccccc4)c4ccccc4)cc3)ccc1-2. The van der Waals surface area contributed by atoms with E-state index in [2.05, 4.69) is 298 Å². The van der Waals surface area contributed by atoms with Gasteiger partial charge in [0.1, 0.15) is 0 Å². The van der Waals surface area contributed by atoms with Crippen LogP contribution in [0, 0.1) is 0 Å². The molecule has 0 atom stereocenters. The maximum atomic E-state index is 3.88. The Morgan fingerprint density at radius 3 is 0.862 bits per heavy atom. The standard InChI is InChI=1S/C61H44BrN3/c62-47-31-41-57-58-42-40-56(44-60(58)61(59(57)43-47,45-19-7-1-8-20-45)46-21-9-2-10-22-46)65(54-36-32-52(33-37-54)63(48-23-11-3-12-24-48)49-25-13-4-14-26-49)55-38-34-53(35-39-55)64(50-27-15-5-16-28-50)51-29-17-6-18-30-51/h1-44H. The molecule has 0 aliphatic heterocycles. The quantitative estimate of drug-likeness (QED) is 0.128. The molecule has 65 heavy (non-hydrogen) atoms.